The molecule has 0 aromatic heterocycles. The molecule has 1 saturated heterocycles. The number of carbonyl (C=O) groups is 2. The van der Waals surface area contributed by atoms with Crippen LogP contribution in [0.3, 0.4) is 0 Å². The standard InChI is InChI=1S/C10H16N3O3/c1-6(5-14)13-9(15)7(11)3-2-4-8(12)10(13)16/h6-8H,2-4,11-12H2,1H3/t6-,7-,8+/m1/s1. The van der Waals surface area contributed by atoms with Gasteiger partial charge in [0.15, 0.2) is 0 Å². The van der Waals surface area contributed by atoms with Gasteiger partial charge in [-0.1, -0.05) is 0 Å². The topological polar surface area (TPSA) is 106 Å². The number of nitrogens with two attached hydrogens (primary N) is 2. The molecule has 1 aliphatic heterocycles. The molecule has 0 bridgehead atoms. The van der Waals surface area contributed by atoms with Crippen LogP contribution in [-0.2, 0) is 14.4 Å². The van der Waals surface area contributed by atoms with Gasteiger partial charge in [-0.25, -0.2) is 0 Å². The van der Waals surface area contributed by atoms with Gasteiger partial charge in [0.1, 0.15) is 6.04 Å². The van der Waals surface area contributed by atoms with Gasteiger partial charge in [0.2, 0.25) is 18.1 Å². The highest BCUT2D eigenvalue weighted by Crippen LogP contribution is 2.13. The van der Waals surface area contributed by atoms with E-state index in [2.05, 4.69) is 0 Å². The highest BCUT2D eigenvalue weighted by atomic mass is 16.2. The van der Waals surface area contributed by atoms with Crippen LogP contribution in [0.5, 0.6) is 0 Å². The van der Waals surface area contributed by atoms with E-state index in [4.69, 9.17) is 11.5 Å². The summed E-state index contributed by atoms with van der Waals surface area (Å²) in [5.41, 5.74) is 11.2. The van der Waals surface area contributed by atoms with Crippen LogP contribution in [0.4, 0.5) is 0 Å². The molecule has 0 spiro atoms. The first kappa shape index (κ1) is 12.8. The Labute approximate surface area is 93.9 Å². The maximum Gasteiger partial charge on any atom is 0.246 e. The molecule has 2 amide bonds. The minimum atomic E-state index is -0.935. The highest BCUT2D eigenvalue weighted by Gasteiger charge is 2.35. The number of amides is 2. The molecule has 6 heteroatoms. The van der Waals surface area contributed by atoms with Gasteiger partial charge >= 0.3 is 0 Å². The van der Waals surface area contributed by atoms with Crippen LogP contribution >= 0.6 is 0 Å². The Morgan fingerprint density at radius 2 is 1.69 bits per heavy atom. The zero-order chi connectivity index (χ0) is 12.3. The van der Waals surface area contributed by atoms with E-state index in [1.165, 1.54) is 6.92 Å². The summed E-state index contributed by atoms with van der Waals surface area (Å²) < 4.78 is 0. The Balaban J connectivity index is 2.98. The predicted molar refractivity (Wildman–Crippen MR) is 56.8 cm³/mol. The Kier molecular flexibility index (Phi) is 4.14. The lowest BCUT2D eigenvalue weighted by molar-refractivity contribution is -0.148. The van der Waals surface area contributed by atoms with E-state index < -0.39 is 29.9 Å². The fraction of sp³-hybridized carbons (Fsp3) is 0.700. The van der Waals surface area contributed by atoms with Gasteiger partial charge in [0, 0.05) is 0 Å². The Morgan fingerprint density at radius 1 is 1.25 bits per heavy atom. The van der Waals surface area contributed by atoms with Crippen LogP contribution in [0.2, 0.25) is 0 Å². The minimum Gasteiger partial charge on any atom is -0.320 e. The third-order valence-electron chi connectivity index (χ3n) is 2.70. The number of carbonyl (C=O) groups excluding carboxylic acids is 3. The van der Waals surface area contributed by atoms with Crippen molar-refractivity contribution in [3.05, 3.63) is 0 Å². The first-order valence-corrected chi connectivity index (χ1v) is 5.24. The van der Waals surface area contributed by atoms with Gasteiger partial charge < -0.3 is 11.5 Å². The van der Waals surface area contributed by atoms with Gasteiger partial charge in [-0.2, -0.15) is 0 Å². The monoisotopic (exact) mass is 226 g/mol. The maximum atomic E-state index is 11.8. The molecule has 0 aromatic carbocycles. The van der Waals surface area contributed by atoms with Crippen molar-refractivity contribution in [3.63, 3.8) is 0 Å². The van der Waals surface area contributed by atoms with Gasteiger partial charge in [-0.05, 0) is 26.2 Å². The summed E-state index contributed by atoms with van der Waals surface area (Å²) in [6, 6.07) is -2.42. The number of hydrogen-bond donors (Lipinski definition) is 2. The molecule has 1 fully saturated rings. The molecule has 16 heavy (non-hydrogen) atoms. The zero-order valence-electron chi connectivity index (χ0n) is 9.18. The van der Waals surface area contributed by atoms with Gasteiger partial charge in [-0.3, -0.25) is 19.3 Å². The van der Waals surface area contributed by atoms with Crippen molar-refractivity contribution in [1.29, 1.82) is 0 Å². The van der Waals surface area contributed by atoms with Crippen molar-refractivity contribution < 1.29 is 14.4 Å². The quantitative estimate of drug-likeness (QED) is 0.568. The van der Waals surface area contributed by atoms with Crippen LogP contribution < -0.4 is 11.5 Å². The van der Waals surface area contributed by atoms with Crippen LogP contribution in [-0.4, -0.2) is 41.1 Å². The first-order chi connectivity index (χ1) is 7.49. The SMILES string of the molecule is C[C@H]([C]=O)N1C(=O)[C@H](N)CCC[C@H](N)C1=O. The van der Waals surface area contributed by atoms with Gasteiger partial charge in [0.25, 0.3) is 0 Å². The summed E-state index contributed by atoms with van der Waals surface area (Å²) in [4.78, 5) is 35.0. The van der Waals surface area contributed by atoms with Gasteiger partial charge in [0.05, 0.1) is 12.1 Å². The first-order valence-electron chi connectivity index (χ1n) is 5.24. The van der Waals surface area contributed by atoms with Crippen molar-refractivity contribution in [3.8, 4) is 0 Å². The molecule has 1 aliphatic rings. The summed E-state index contributed by atoms with van der Waals surface area (Å²) in [7, 11) is 0. The Morgan fingerprint density at radius 3 is 2.06 bits per heavy atom. The second-order valence-electron chi connectivity index (χ2n) is 3.98. The summed E-state index contributed by atoms with van der Waals surface area (Å²) in [6.45, 7) is 1.42. The van der Waals surface area contributed by atoms with Crippen molar-refractivity contribution in [1.82, 2.24) is 4.90 Å². The largest absolute Gasteiger partial charge is 0.320 e. The van der Waals surface area contributed by atoms with Crippen molar-refractivity contribution in [2.45, 2.75) is 44.3 Å². The number of imide groups is 1. The van der Waals surface area contributed by atoms with E-state index in [1.54, 1.807) is 6.29 Å². The lowest BCUT2D eigenvalue weighted by Crippen LogP contribution is -2.57. The number of hydrogen-bond acceptors (Lipinski definition) is 5. The van der Waals surface area contributed by atoms with E-state index in [1.807, 2.05) is 0 Å². The molecule has 1 rings (SSSR count). The van der Waals surface area contributed by atoms with E-state index in [-0.39, 0.29) is 0 Å². The molecule has 89 valence electrons. The third kappa shape index (κ3) is 2.45. The van der Waals surface area contributed by atoms with Crippen LogP contribution in [0, 0.1) is 0 Å². The van der Waals surface area contributed by atoms with Crippen molar-refractivity contribution in [2.24, 2.45) is 11.5 Å². The Bertz CT molecular complexity index is 284. The van der Waals surface area contributed by atoms with E-state index in [0.29, 0.717) is 19.3 Å². The number of nitrogens with zero attached hydrogens (tertiary/aromatic N) is 1. The summed E-state index contributed by atoms with van der Waals surface area (Å²) in [6.07, 6.45) is 3.19. The van der Waals surface area contributed by atoms with Gasteiger partial charge in [-0.15, -0.1) is 0 Å². The predicted octanol–water partition coefficient (Wildman–Crippen LogP) is -1.32. The maximum absolute atomic E-state index is 11.8. The van der Waals surface area contributed by atoms with Crippen molar-refractivity contribution in [2.75, 3.05) is 0 Å². The van der Waals surface area contributed by atoms with E-state index in [0.717, 1.165) is 4.90 Å². The van der Waals surface area contributed by atoms with Crippen LogP contribution in [0.1, 0.15) is 26.2 Å². The van der Waals surface area contributed by atoms with Crippen LogP contribution in [0.25, 0.3) is 0 Å². The van der Waals surface area contributed by atoms with Crippen molar-refractivity contribution >= 4 is 18.1 Å². The second kappa shape index (κ2) is 5.18. The summed E-state index contributed by atoms with van der Waals surface area (Å²) in [5, 5.41) is 0. The summed E-state index contributed by atoms with van der Waals surface area (Å²) in [5.74, 6) is -1.09. The number of rotatable bonds is 2. The Hall–Kier alpha value is -1.27. The fourth-order valence-electron chi connectivity index (χ4n) is 1.70. The number of likely N-dealkylation sites (tertiary alicyclic amines) is 1. The minimum absolute atomic E-state index is 0.474. The molecule has 0 unspecified atom stereocenters. The lowest BCUT2D eigenvalue weighted by Gasteiger charge is -2.30. The van der Waals surface area contributed by atoms with Crippen LogP contribution in [0.15, 0.2) is 0 Å². The molecule has 1 radical (unpaired) electrons. The molecular formula is C10H16N3O3. The lowest BCUT2D eigenvalue weighted by atomic mass is 10.00. The molecule has 1 heterocycles. The average Bonchev–Trinajstić information content (AvgIpc) is 2.27. The molecule has 6 nitrogen and oxygen atoms in total. The molecule has 4 N–H and O–H groups in total. The van der Waals surface area contributed by atoms with E-state index in [9.17, 15) is 14.4 Å². The average molecular weight is 226 g/mol. The smallest absolute Gasteiger partial charge is 0.246 e. The molecule has 0 saturated carbocycles. The van der Waals surface area contributed by atoms with E-state index >= 15 is 0 Å². The second-order valence-corrected chi connectivity index (χ2v) is 3.98. The molecule has 0 aromatic rings. The summed E-state index contributed by atoms with van der Waals surface area (Å²) >= 11 is 0. The zero-order valence-corrected chi connectivity index (χ0v) is 9.18. The highest BCUT2D eigenvalue weighted by molar-refractivity contribution is 6.02. The molecule has 3 atom stereocenters. The molecule has 0 aliphatic carbocycles. The fourth-order valence-corrected chi connectivity index (χ4v) is 1.70. The normalized spacial score (nSPS) is 29.6. The third-order valence-corrected chi connectivity index (χ3v) is 2.70. The molecular weight excluding hydrogens is 210 g/mol.